The monoisotopic (exact) mass is 622 g/mol. The van der Waals surface area contributed by atoms with Crippen molar-refractivity contribution in [1.82, 2.24) is 5.32 Å². The lowest BCUT2D eigenvalue weighted by Gasteiger charge is -2.14. The first-order valence-electron chi connectivity index (χ1n) is 11.9. The minimum Gasteiger partial charge on any atom is -0.480 e. The van der Waals surface area contributed by atoms with E-state index in [1.807, 2.05) is 47.2 Å². The molecule has 0 radical (unpaired) electrons. The lowest BCUT2D eigenvalue weighted by Crippen LogP contribution is -2.42. The number of halogens is 4. The van der Waals surface area contributed by atoms with Crippen LogP contribution in [0.1, 0.15) is 26.4 Å². The summed E-state index contributed by atoms with van der Waals surface area (Å²) in [4.78, 5) is 24.7. The molecule has 0 aliphatic carbocycles. The summed E-state index contributed by atoms with van der Waals surface area (Å²) in [5, 5.41) is 11.9. The summed E-state index contributed by atoms with van der Waals surface area (Å²) < 4.78 is 67.0. The van der Waals surface area contributed by atoms with Crippen LogP contribution in [0.3, 0.4) is 0 Å². The summed E-state index contributed by atoms with van der Waals surface area (Å²) >= 11 is 6.47. The first-order valence-corrected chi connectivity index (χ1v) is 14.6. The molecule has 0 bridgehead atoms. The third-order valence-electron chi connectivity index (χ3n) is 5.98. The molecule has 4 rings (SSSR count). The van der Waals surface area contributed by atoms with E-state index in [2.05, 4.69) is 5.32 Å². The van der Waals surface area contributed by atoms with Crippen molar-refractivity contribution in [1.29, 1.82) is 0 Å². The zero-order valence-corrected chi connectivity index (χ0v) is 23.6. The molecule has 0 aliphatic rings. The number of carboxylic acids is 1. The molecule has 1 amide bonds. The van der Waals surface area contributed by atoms with Crippen molar-refractivity contribution < 1.29 is 36.3 Å². The average Bonchev–Trinajstić information content (AvgIpc) is 3.32. The molecule has 0 unspecified atom stereocenters. The van der Waals surface area contributed by atoms with Crippen LogP contribution in [0.4, 0.5) is 18.9 Å². The SMILES string of the molecule is Cc1cc(C(=O)N[C@H](Cc2ccc(-c3ccccc3)cc2)C(=O)O)sc1S(=O)(=O)Nc1cc(C(F)(F)F)ccc1Cl. The van der Waals surface area contributed by atoms with Gasteiger partial charge < -0.3 is 10.4 Å². The molecule has 0 spiro atoms. The van der Waals surface area contributed by atoms with E-state index in [9.17, 15) is 36.3 Å². The fraction of sp³-hybridized carbons (Fsp3) is 0.143. The Morgan fingerprint density at radius 3 is 2.22 bits per heavy atom. The van der Waals surface area contributed by atoms with E-state index in [0.717, 1.165) is 23.3 Å². The van der Waals surface area contributed by atoms with Crippen molar-refractivity contribution in [2.45, 2.75) is 29.8 Å². The number of hydrogen-bond donors (Lipinski definition) is 3. The van der Waals surface area contributed by atoms with Crippen molar-refractivity contribution in [2.24, 2.45) is 0 Å². The number of carbonyl (C=O) groups is 2. The van der Waals surface area contributed by atoms with E-state index in [-0.39, 0.29) is 26.1 Å². The Morgan fingerprint density at radius 2 is 1.61 bits per heavy atom. The van der Waals surface area contributed by atoms with Crippen molar-refractivity contribution in [2.75, 3.05) is 4.72 Å². The average molecular weight is 623 g/mol. The maximum atomic E-state index is 13.1. The number of carboxylic acid groups (broad SMARTS) is 1. The Balaban J connectivity index is 1.50. The lowest BCUT2D eigenvalue weighted by molar-refractivity contribution is -0.139. The number of amides is 1. The van der Waals surface area contributed by atoms with Crippen LogP contribution in [0, 0.1) is 6.92 Å². The zero-order chi connectivity index (χ0) is 29.9. The van der Waals surface area contributed by atoms with Gasteiger partial charge in [0, 0.05) is 6.42 Å². The molecule has 41 heavy (non-hydrogen) atoms. The van der Waals surface area contributed by atoms with Gasteiger partial charge in [-0.1, -0.05) is 66.2 Å². The highest BCUT2D eigenvalue weighted by Gasteiger charge is 2.32. The number of nitrogens with one attached hydrogen (secondary N) is 2. The molecule has 0 saturated heterocycles. The number of anilines is 1. The highest BCUT2D eigenvalue weighted by molar-refractivity contribution is 7.94. The summed E-state index contributed by atoms with van der Waals surface area (Å²) in [6, 6.07) is 18.9. The minimum atomic E-state index is -4.72. The lowest BCUT2D eigenvalue weighted by atomic mass is 10.0. The standard InChI is InChI=1S/C28H22ClF3N2O5S2/c1-16-13-24(40-27(16)41(38,39)34-22-15-20(28(30,31)32)11-12-21(22)29)25(35)33-23(26(36)37)14-17-7-9-19(10-8-17)18-5-3-2-4-6-18/h2-13,15,23,34H,14H2,1H3,(H,33,35)(H,36,37)/t23-/m1/s1. The molecule has 4 aromatic rings. The molecule has 3 N–H and O–H groups in total. The van der Waals surface area contributed by atoms with Gasteiger partial charge in [-0.05, 0) is 53.4 Å². The van der Waals surface area contributed by atoms with Crippen LogP contribution in [0.25, 0.3) is 11.1 Å². The highest BCUT2D eigenvalue weighted by atomic mass is 35.5. The Morgan fingerprint density at radius 1 is 0.976 bits per heavy atom. The van der Waals surface area contributed by atoms with Crippen LogP contribution in [-0.4, -0.2) is 31.4 Å². The predicted octanol–water partition coefficient (Wildman–Crippen LogP) is 6.62. The van der Waals surface area contributed by atoms with E-state index in [1.54, 1.807) is 12.1 Å². The molecule has 0 fully saturated rings. The Bertz CT molecular complexity index is 1690. The first-order chi connectivity index (χ1) is 19.2. The number of sulfonamides is 1. The Hall–Kier alpha value is -3.87. The molecule has 13 heteroatoms. The maximum Gasteiger partial charge on any atom is 0.416 e. The van der Waals surface area contributed by atoms with E-state index in [4.69, 9.17) is 11.6 Å². The quantitative estimate of drug-likeness (QED) is 0.194. The molecule has 1 heterocycles. The molecular weight excluding hydrogens is 601 g/mol. The molecule has 1 aromatic heterocycles. The molecule has 0 aliphatic heterocycles. The minimum absolute atomic E-state index is 0.0265. The number of benzene rings is 3. The van der Waals surface area contributed by atoms with Crippen LogP contribution in [0.15, 0.2) is 83.1 Å². The zero-order valence-electron chi connectivity index (χ0n) is 21.2. The number of rotatable bonds is 9. The second kappa shape index (κ2) is 11.9. The van der Waals surface area contributed by atoms with Gasteiger partial charge in [-0.3, -0.25) is 9.52 Å². The van der Waals surface area contributed by atoms with Crippen molar-refractivity contribution >= 4 is 50.5 Å². The van der Waals surface area contributed by atoms with Gasteiger partial charge in [-0.25, -0.2) is 13.2 Å². The fourth-order valence-corrected chi connectivity index (χ4v) is 6.84. The summed E-state index contributed by atoms with van der Waals surface area (Å²) in [5.41, 5.74) is 1.14. The smallest absolute Gasteiger partial charge is 0.416 e. The van der Waals surface area contributed by atoms with Gasteiger partial charge in [0.05, 0.1) is 21.2 Å². The molecule has 0 saturated carbocycles. The Labute approximate surface area is 242 Å². The van der Waals surface area contributed by atoms with Crippen LogP contribution in [0.5, 0.6) is 0 Å². The van der Waals surface area contributed by atoms with Crippen molar-refractivity contribution in [3.05, 3.63) is 105 Å². The number of thiophene rings is 1. The van der Waals surface area contributed by atoms with Crippen molar-refractivity contribution in [3.63, 3.8) is 0 Å². The van der Waals surface area contributed by atoms with Crippen LogP contribution in [0.2, 0.25) is 5.02 Å². The fourth-order valence-electron chi connectivity index (χ4n) is 3.94. The van der Waals surface area contributed by atoms with E-state index < -0.39 is 45.4 Å². The number of carbonyl (C=O) groups excluding carboxylic acids is 1. The second-order valence-electron chi connectivity index (χ2n) is 9.01. The van der Waals surface area contributed by atoms with E-state index in [0.29, 0.717) is 23.0 Å². The first kappa shape index (κ1) is 30.1. The number of hydrogen-bond acceptors (Lipinski definition) is 5. The third kappa shape index (κ3) is 7.26. The molecule has 7 nitrogen and oxygen atoms in total. The predicted molar refractivity (Wildman–Crippen MR) is 151 cm³/mol. The normalized spacial score (nSPS) is 12.5. The molecular formula is C28H22ClF3N2O5S2. The van der Waals surface area contributed by atoms with Gasteiger partial charge in [0.25, 0.3) is 15.9 Å². The highest BCUT2D eigenvalue weighted by Crippen LogP contribution is 2.36. The van der Waals surface area contributed by atoms with Crippen LogP contribution in [-0.2, 0) is 27.4 Å². The number of aryl methyl sites for hydroxylation is 1. The summed E-state index contributed by atoms with van der Waals surface area (Å²) in [5.74, 6) is -2.10. The summed E-state index contributed by atoms with van der Waals surface area (Å²) in [6.45, 7) is 1.40. The number of alkyl halides is 3. The van der Waals surface area contributed by atoms with Gasteiger partial charge in [-0.15, -0.1) is 11.3 Å². The largest absolute Gasteiger partial charge is 0.480 e. The van der Waals surface area contributed by atoms with Gasteiger partial charge in [0.2, 0.25) is 0 Å². The summed E-state index contributed by atoms with van der Waals surface area (Å²) in [7, 11) is -4.44. The molecule has 3 aromatic carbocycles. The maximum absolute atomic E-state index is 13.1. The summed E-state index contributed by atoms with van der Waals surface area (Å²) in [6.07, 6.45) is -4.75. The molecule has 214 valence electrons. The Kier molecular flexibility index (Phi) is 8.76. The van der Waals surface area contributed by atoms with E-state index >= 15 is 0 Å². The van der Waals surface area contributed by atoms with Gasteiger partial charge in [-0.2, -0.15) is 13.2 Å². The second-order valence-corrected chi connectivity index (χ2v) is 12.3. The van der Waals surface area contributed by atoms with Crippen LogP contribution >= 0.6 is 22.9 Å². The number of aliphatic carboxylic acids is 1. The van der Waals surface area contributed by atoms with E-state index in [1.165, 1.54) is 13.0 Å². The molecule has 1 atom stereocenters. The third-order valence-corrected chi connectivity index (χ3v) is 9.55. The van der Waals surface area contributed by atoms with Gasteiger partial charge in [0.1, 0.15) is 10.3 Å². The van der Waals surface area contributed by atoms with Gasteiger partial charge >= 0.3 is 12.1 Å². The topological polar surface area (TPSA) is 113 Å². The van der Waals surface area contributed by atoms with Gasteiger partial charge in [0.15, 0.2) is 0 Å². The van der Waals surface area contributed by atoms with Crippen molar-refractivity contribution in [3.8, 4) is 11.1 Å². The van der Waals surface area contributed by atoms with Crippen LogP contribution < -0.4 is 10.0 Å².